The quantitative estimate of drug-likeness (QED) is 0.877. The molecule has 0 unspecified atom stereocenters. The van der Waals surface area contributed by atoms with E-state index in [1.54, 1.807) is 17.0 Å². The molecule has 3 rings (SSSR count). The fourth-order valence-corrected chi connectivity index (χ4v) is 4.16. The maximum Gasteiger partial charge on any atom is 0.317 e. The van der Waals surface area contributed by atoms with Gasteiger partial charge in [0, 0.05) is 64.2 Å². The summed E-state index contributed by atoms with van der Waals surface area (Å²) in [5, 5.41) is 2.97. The summed E-state index contributed by atoms with van der Waals surface area (Å²) >= 11 is 0. The number of hydrogen-bond donors (Lipinski definition) is 1. The third kappa shape index (κ3) is 4.77. The van der Waals surface area contributed by atoms with Crippen molar-refractivity contribution in [3.63, 3.8) is 0 Å². The van der Waals surface area contributed by atoms with Gasteiger partial charge in [0.15, 0.2) is 0 Å². The molecule has 148 valence electrons. The van der Waals surface area contributed by atoms with E-state index in [0.29, 0.717) is 32.6 Å². The number of hydrogen-bond acceptors (Lipinski definition) is 3. The zero-order valence-corrected chi connectivity index (χ0v) is 16.4. The van der Waals surface area contributed by atoms with E-state index >= 15 is 0 Å². The van der Waals surface area contributed by atoms with E-state index in [9.17, 15) is 14.0 Å². The second-order valence-electron chi connectivity index (χ2n) is 8.29. The Morgan fingerprint density at radius 2 is 1.89 bits per heavy atom. The molecule has 0 aliphatic carbocycles. The van der Waals surface area contributed by atoms with E-state index < -0.39 is 0 Å². The molecule has 2 fully saturated rings. The smallest absolute Gasteiger partial charge is 0.317 e. The number of likely N-dealkylation sites (tertiary alicyclic amines) is 1. The minimum Gasteiger partial charge on any atom is -0.345 e. The van der Waals surface area contributed by atoms with Gasteiger partial charge in [0.05, 0.1) is 0 Å². The van der Waals surface area contributed by atoms with Crippen LogP contribution >= 0.6 is 0 Å². The van der Waals surface area contributed by atoms with Gasteiger partial charge in [-0.1, -0.05) is 12.1 Å². The number of nitrogens with zero attached hydrogens (tertiary/aromatic N) is 3. The van der Waals surface area contributed by atoms with Gasteiger partial charge in [-0.3, -0.25) is 9.69 Å². The molecular weight excluding hydrogens is 347 g/mol. The van der Waals surface area contributed by atoms with Crippen molar-refractivity contribution in [1.29, 1.82) is 0 Å². The number of halogens is 1. The Bertz CT molecular complexity index is 694. The van der Waals surface area contributed by atoms with Crippen LogP contribution in [0.4, 0.5) is 9.18 Å². The zero-order valence-electron chi connectivity index (χ0n) is 16.4. The Morgan fingerprint density at radius 1 is 1.19 bits per heavy atom. The molecule has 0 saturated carbocycles. The van der Waals surface area contributed by atoms with E-state index in [4.69, 9.17) is 0 Å². The number of carbonyl (C=O) groups excluding carboxylic acids is 2. The summed E-state index contributed by atoms with van der Waals surface area (Å²) in [4.78, 5) is 30.8. The maximum atomic E-state index is 13.2. The first kappa shape index (κ1) is 19.6. The lowest BCUT2D eigenvalue weighted by atomic mass is 9.86. The Hall–Kier alpha value is -2.15. The monoisotopic (exact) mass is 376 g/mol. The fourth-order valence-electron chi connectivity index (χ4n) is 4.16. The molecule has 2 aliphatic rings. The Kier molecular flexibility index (Phi) is 5.69. The first-order valence-electron chi connectivity index (χ1n) is 9.53. The van der Waals surface area contributed by atoms with Crippen LogP contribution in [0.15, 0.2) is 24.3 Å². The van der Waals surface area contributed by atoms with Crippen molar-refractivity contribution >= 4 is 11.9 Å². The average molecular weight is 376 g/mol. The molecule has 3 amide bonds. The van der Waals surface area contributed by atoms with E-state index in [0.717, 1.165) is 18.7 Å². The lowest BCUT2D eigenvalue weighted by Crippen LogP contribution is -2.48. The Balaban J connectivity index is 1.78. The van der Waals surface area contributed by atoms with Crippen molar-refractivity contribution in [1.82, 2.24) is 20.0 Å². The largest absolute Gasteiger partial charge is 0.345 e. The van der Waals surface area contributed by atoms with Crippen molar-refractivity contribution < 1.29 is 14.0 Å². The van der Waals surface area contributed by atoms with Gasteiger partial charge < -0.3 is 15.1 Å². The summed E-state index contributed by atoms with van der Waals surface area (Å²) in [6, 6.07) is 6.52. The van der Waals surface area contributed by atoms with Crippen LogP contribution in [0.1, 0.15) is 25.8 Å². The molecule has 1 atom stereocenters. The van der Waals surface area contributed by atoms with Crippen LogP contribution in [0, 0.1) is 11.2 Å². The van der Waals surface area contributed by atoms with Crippen LogP contribution in [0.25, 0.3) is 0 Å². The average Bonchev–Trinajstić information content (AvgIpc) is 2.75. The zero-order chi connectivity index (χ0) is 19.6. The van der Waals surface area contributed by atoms with Gasteiger partial charge in [0.1, 0.15) is 5.82 Å². The fraction of sp³-hybridized carbons (Fsp3) is 0.600. The number of benzene rings is 1. The van der Waals surface area contributed by atoms with E-state index in [1.807, 2.05) is 25.8 Å². The number of rotatable bonds is 3. The van der Waals surface area contributed by atoms with Gasteiger partial charge in [0.2, 0.25) is 5.91 Å². The second kappa shape index (κ2) is 7.84. The lowest BCUT2D eigenvalue weighted by Gasteiger charge is -2.33. The summed E-state index contributed by atoms with van der Waals surface area (Å²) in [6.45, 7) is 7.87. The summed E-state index contributed by atoms with van der Waals surface area (Å²) in [5.74, 6) is -0.117. The van der Waals surface area contributed by atoms with Crippen molar-refractivity contribution in [3.05, 3.63) is 35.6 Å². The Morgan fingerprint density at radius 3 is 2.48 bits per heavy atom. The highest BCUT2D eigenvalue weighted by molar-refractivity contribution is 5.80. The maximum absolute atomic E-state index is 13.2. The van der Waals surface area contributed by atoms with E-state index in [-0.39, 0.29) is 29.2 Å². The SMILES string of the molecule is CC(C)NC(=O)N1CCN(Cc2ccc(F)cc2)C[C@]2(CC(=O)N(C)C2)C1. The molecular formula is C20H29FN4O2. The number of amides is 3. The van der Waals surface area contributed by atoms with Crippen molar-refractivity contribution in [2.45, 2.75) is 32.9 Å². The lowest BCUT2D eigenvalue weighted by molar-refractivity contribution is -0.126. The normalized spacial score (nSPS) is 24.0. The minimum atomic E-state index is -0.267. The topological polar surface area (TPSA) is 55.9 Å². The molecule has 0 aromatic heterocycles. The Labute approximate surface area is 160 Å². The van der Waals surface area contributed by atoms with Crippen LogP contribution in [-0.4, -0.2) is 72.5 Å². The molecule has 0 radical (unpaired) electrons. The summed E-state index contributed by atoms with van der Waals surface area (Å²) in [7, 11) is 1.82. The predicted octanol–water partition coefficient (Wildman–Crippen LogP) is 1.91. The molecule has 7 heteroatoms. The van der Waals surface area contributed by atoms with Gasteiger partial charge in [-0.2, -0.15) is 0 Å². The molecule has 2 heterocycles. The van der Waals surface area contributed by atoms with Crippen LogP contribution in [0.5, 0.6) is 0 Å². The number of nitrogens with one attached hydrogen (secondary N) is 1. The molecule has 27 heavy (non-hydrogen) atoms. The summed E-state index contributed by atoms with van der Waals surface area (Å²) in [5.41, 5.74) is 0.765. The van der Waals surface area contributed by atoms with E-state index in [1.165, 1.54) is 12.1 Å². The first-order chi connectivity index (χ1) is 12.8. The highest BCUT2D eigenvalue weighted by atomic mass is 19.1. The van der Waals surface area contributed by atoms with Gasteiger partial charge in [-0.05, 0) is 31.5 Å². The number of urea groups is 1. The third-order valence-electron chi connectivity index (χ3n) is 5.31. The van der Waals surface area contributed by atoms with Gasteiger partial charge in [0.25, 0.3) is 0 Å². The molecule has 6 nitrogen and oxygen atoms in total. The molecule has 1 aromatic rings. The van der Waals surface area contributed by atoms with Crippen LogP contribution in [0.2, 0.25) is 0 Å². The van der Waals surface area contributed by atoms with Crippen molar-refractivity contribution in [3.8, 4) is 0 Å². The number of carbonyl (C=O) groups is 2. The van der Waals surface area contributed by atoms with Crippen molar-refractivity contribution in [2.75, 3.05) is 39.8 Å². The molecule has 2 aliphatic heterocycles. The standard InChI is InChI=1S/C20H29FN4O2/c1-15(2)22-19(27)25-9-8-24(11-16-4-6-17(21)7-5-16)13-20(14-25)10-18(26)23(3)12-20/h4-7,15H,8-14H2,1-3H3,(H,22,27)/t20-/m1/s1. The van der Waals surface area contributed by atoms with Gasteiger partial charge in [-0.15, -0.1) is 0 Å². The second-order valence-corrected chi connectivity index (χ2v) is 8.29. The molecule has 2 saturated heterocycles. The van der Waals surface area contributed by atoms with Crippen LogP contribution < -0.4 is 5.32 Å². The highest BCUT2D eigenvalue weighted by Gasteiger charge is 2.46. The molecule has 1 aromatic carbocycles. The van der Waals surface area contributed by atoms with Gasteiger partial charge >= 0.3 is 6.03 Å². The van der Waals surface area contributed by atoms with Crippen LogP contribution in [-0.2, 0) is 11.3 Å². The van der Waals surface area contributed by atoms with Crippen molar-refractivity contribution in [2.24, 2.45) is 5.41 Å². The third-order valence-corrected chi connectivity index (χ3v) is 5.31. The van der Waals surface area contributed by atoms with Crippen LogP contribution in [0.3, 0.4) is 0 Å². The first-order valence-corrected chi connectivity index (χ1v) is 9.53. The molecule has 1 N–H and O–H groups in total. The molecule has 0 bridgehead atoms. The molecule has 1 spiro atoms. The van der Waals surface area contributed by atoms with Gasteiger partial charge in [-0.25, -0.2) is 9.18 Å². The highest BCUT2D eigenvalue weighted by Crippen LogP contribution is 2.34. The van der Waals surface area contributed by atoms with E-state index in [2.05, 4.69) is 10.2 Å². The summed E-state index contributed by atoms with van der Waals surface area (Å²) in [6.07, 6.45) is 0.453. The predicted molar refractivity (Wildman–Crippen MR) is 102 cm³/mol. The summed E-state index contributed by atoms with van der Waals surface area (Å²) < 4.78 is 13.2. The minimum absolute atomic E-state index is 0.0694.